The van der Waals surface area contributed by atoms with E-state index in [2.05, 4.69) is 15.3 Å². The molecule has 2 N–H and O–H groups in total. The second kappa shape index (κ2) is 8.94. The number of hydrogen-bond acceptors (Lipinski definition) is 6. The molecule has 1 amide bonds. The number of hydrogen-bond donors (Lipinski definition) is 2. The zero-order valence-electron chi connectivity index (χ0n) is 16.3. The number of morpholine rings is 1. The number of amides is 1. The Morgan fingerprint density at radius 3 is 2.75 bits per heavy atom. The fourth-order valence-electron chi connectivity index (χ4n) is 4.96. The van der Waals surface area contributed by atoms with Crippen molar-refractivity contribution in [2.75, 3.05) is 44.4 Å². The van der Waals surface area contributed by atoms with E-state index >= 15 is 0 Å². The fourth-order valence-corrected chi connectivity index (χ4v) is 4.96. The highest BCUT2D eigenvalue weighted by molar-refractivity contribution is 5.77. The Bertz CT molecular complexity index is 719. The Morgan fingerprint density at radius 1 is 1.25 bits per heavy atom. The summed E-state index contributed by atoms with van der Waals surface area (Å²) in [6.07, 6.45) is 7.92. The van der Waals surface area contributed by atoms with E-state index < -0.39 is 5.69 Å². The van der Waals surface area contributed by atoms with Crippen LogP contribution in [0.4, 0.5) is 5.82 Å². The first-order chi connectivity index (χ1) is 13.7. The van der Waals surface area contributed by atoms with Crippen LogP contribution in [0.25, 0.3) is 0 Å². The Labute approximate surface area is 165 Å². The number of carbonyl (C=O) groups is 1. The molecule has 0 aromatic carbocycles. The van der Waals surface area contributed by atoms with Gasteiger partial charge in [0.25, 0.3) is 5.91 Å². The van der Waals surface area contributed by atoms with Crippen LogP contribution in [-0.4, -0.2) is 55.3 Å². The van der Waals surface area contributed by atoms with Gasteiger partial charge in [0.05, 0.1) is 13.2 Å². The van der Waals surface area contributed by atoms with Crippen LogP contribution in [0.1, 0.15) is 38.5 Å². The largest absolute Gasteiger partial charge is 0.467 e. The molecule has 1 aromatic heterocycles. The lowest BCUT2D eigenvalue weighted by atomic mass is 9.68. The number of ether oxygens (including phenoxy) is 2. The Balaban J connectivity index is 1.25. The van der Waals surface area contributed by atoms with Gasteiger partial charge in [-0.25, -0.2) is 4.79 Å². The average Bonchev–Trinajstić information content (AvgIpc) is 2.71. The summed E-state index contributed by atoms with van der Waals surface area (Å²) >= 11 is 0. The molecule has 3 aliphatic rings. The summed E-state index contributed by atoms with van der Waals surface area (Å²) in [7, 11) is 0. The highest BCUT2D eigenvalue weighted by Gasteiger charge is 2.31. The Morgan fingerprint density at radius 2 is 2.00 bits per heavy atom. The number of nitrogens with zero attached hydrogens (tertiary/aromatic N) is 2. The van der Waals surface area contributed by atoms with Crippen molar-refractivity contribution in [3.05, 3.63) is 16.6 Å². The Hall–Kier alpha value is -2.09. The maximum atomic E-state index is 12.2. The average molecular weight is 390 g/mol. The van der Waals surface area contributed by atoms with E-state index in [1.54, 1.807) is 6.07 Å². The van der Waals surface area contributed by atoms with E-state index in [1.807, 2.05) is 4.90 Å². The third-order valence-corrected chi connectivity index (χ3v) is 6.22. The number of rotatable bonds is 6. The third-order valence-electron chi connectivity index (χ3n) is 6.22. The van der Waals surface area contributed by atoms with Gasteiger partial charge in [0.15, 0.2) is 6.61 Å². The first-order valence-electron chi connectivity index (χ1n) is 10.5. The summed E-state index contributed by atoms with van der Waals surface area (Å²) in [5, 5.41) is 3.00. The predicted octanol–water partition coefficient (Wildman–Crippen LogP) is 1.32. The molecule has 2 aliphatic carbocycles. The topological polar surface area (TPSA) is 96.5 Å². The van der Waals surface area contributed by atoms with Crippen LogP contribution in [0, 0.1) is 17.8 Å². The van der Waals surface area contributed by atoms with Gasteiger partial charge in [-0.15, -0.1) is 0 Å². The predicted molar refractivity (Wildman–Crippen MR) is 105 cm³/mol. The molecule has 1 aliphatic heterocycles. The molecule has 1 aromatic rings. The third kappa shape index (κ3) is 5.04. The van der Waals surface area contributed by atoms with Crippen LogP contribution < -0.4 is 20.6 Å². The monoisotopic (exact) mass is 390 g/mol. The molecule has 1 saturated heterocycles. The summed E-state index contributed by atoms with van der Waals surface area (Å²) in [6, 6.07) is 1.67. The molecule has 2 saturated carbocycles. The van der Waals surface area contributed by atoms with Gasteiger partial charge < -0.3 is 19.7 Å². The van der Waals surface area contributed by atoms with Crippen molar-refractivity contribution in [2.24, 2.45) is 17.8 Å². The van der Waals surface area contributed by atoms with E-state index in [0.717, 1.165) is 18.4 Å². The summed E-state index contributed by atoms with van der Waals surface area (Å²) in [5.41, 5.74) is -0.479. The van der Waals surface area contributed by atoms with Crippen molar-refractivity contribution < 1.29 is 14.3 Å². The molecule has 154 valence electrons. The number of fused-ring (bicyclic) bond motifs is 2. The molecule has 2 heterocycles. The van der Waals surface area contributed by atoms with Crippen molar-refractivity contribution in [3.8, 4) is 5.88 Å². The first-order valence-corrected chi connectivity index (χ1v) is 10.5. The summed E-state index contributed by atoms with van der Waals surface area (Å²) in [4.78, 5) is 32.6. The summed E-state index contributed by atoms with van der Waals surface area (Å²) in [6.45, 7) is 3.22. The van der Waals surface area contributed by atoms with Gasteiger partial charge in [-0.2, -0.15) is 4.98 Å². The molecule has 8 nitrogen and oxygen atoms in total. The Kier molecular flexibility index (Phi) is 6.14. The maximum absolute atomic E-state index is 12.2. The van der Waals surface area contributed by atoms with Gasteiger partial charge in [0, 0.05) is 25.7 Å². The molecule has 3 fully saturated rings. The molecule has 28 heavy (non-hydrogen) atoms. The van der Waals surface area contributed by atoms with Crippen LogP contribution in [0.5, 0.6) is 5.88 Å². The number of nitrogens with one attached hydrogen (secondary N) is 2. The number of aromatic nitrogens is 2. The molecule has 4 rings (SSSR count). The minimum atomic E-state index is -0.479. The second-order valence-electron chi connectivity index (χ2n) is 8.34. The second-order valence-corrected chi connectivity index (χ2v) is 8.34. The van der Waals surface area contributed by atoms with E-state index in [0.29, 0.717) is 38.0 Å². The standard InChI is InChI=1S/C20H30N4O4/c25-18(21-12-16-9-14-2-1-3-15(8-14)10-16)13-28-19-11-17(22-20(26)23-19)24-4-6-27-7-5-24/h11,14-16H,1-10,12-13H2,(H,21,25)(H,22,23,26). The maximum Gasteiger partial charge on any atom is 0.349 e. The molecule has 2 unspecified atom stereocenters. The van der Waals surface area contributed by atoms with Gasteiger partial charge >= 0.3 is 5.69 Å². The number of aromatic amines is 1. The van der Waals surface area contributed by atoms with Crippen molar-refractivity contribution in [2.45, 2.75) is 38.5 Å². The van der Waals surface area contributed by atoms with Crippen LogP contribution in [-0.2, 0) is 9.53 Å². The zero-order valence-corrected chi connectivity index (χ0v) is 16.3. The highest BCUT2D eigenvalue weighted by Crippen LogP contribution is 2.42. The van der Waals surface area contributed by atoms with E-state index in [9.17, 15) is 9.59 Å². The first kappa shape index (κ1) is 19.2. The van der Waals surface area contributed by atoms with Crippen LogP contribution >= 0.6 is 0 Å². The number of anilines is 1. The van der Waals surface area contributed by atoms with Crippen molar-refractivity contribution in [3.63, 3.8) is 0 Å². The molecule has 2 bridgehead atoms. The molecule has 0 spiro atoms. The van der Waals surface area contributed by atoms with Crippen LogP contribution in [0.15, 0.2) is 10.9 Å². The zero-order chi connectivity index (χ0) is 19.3. The summed E-state index contributed by atoms with van der Waals surface area (Å²) in [5.74, 6) is 2.94. The quantitative estimate of drug-likeness (QED) is 0.760. The number of carbonyl (C=O) groups excluding carboxylic acids is 1. The summed E-state index contributed by atoms with van der Waals surface area (Å²) < 4.78 is 10.8. The lowest BCUT2D eigenvalue weighted by Gasteiger charge is -2.39. The minimum Gasteiger partial charge on any atom is -0.467 e. The van der Waals surface area contributed by atoms with Crippen molar-refractivity contribution in [1.29, 1.82) is 0 Å². The van der Waals surface area contributed by atoms with E-state index in [-0.39, 0.29) is 18.4 Å². The lowest BCUT2D eigenvalue weighted by Crippen LogP contribution is -2.38. The van der Waals surface area contributed by atoms with Gasteiger partial charge in [-0.1, -0.05) is 19.3 Å². The molecular weight excluding hydrogens is 360 g/mol. The normalized spacial score (nSPS) is 27.3. The van der Waals surface area contributed by atoms with Gasteiger partial charge in [-0.05, 0) is 37.0 Å². The highest BCUT2D eigenvalue weighted by atomic mass is 16.5. The minimum absolute atomic E-state index is 0.126. The molecular formula is C20H30N4O4. The SMILES string of the molecule is O=C(COc1cc(N2CCOCC2)[nH]c(=O)n1)NCC1CC2CCCC(C2)C1. The van der Waals surface area contributed by atoms with Gasteiger partial charge in [0.2, 0.25) is 5.88 Å². The van der Waals surface area contributed by atoms with Crippen LogP contribution in [0.3, 0.4) is 0 Å². The van der Waals surface area contributed by atoms with Gasteiger partial charge in [0.1, 0.15) is 5.82 Å². The van der Waals surface area contributed by atoms with Crippen molar-refractivity contribution >= 4 is 11.7 Å². The molecule has 8 heteroatoms. The van der Waals surface area contributed by atoms with Crippen molar-refractivity contribution in [1.82, 2.24) is 15.3 Å². The fraction of sp³-hybridized carbons (Fsp3) is 0.750. The molecule has 0 radical (unpaired) electrons. The van der Waals surface area contributed by atoms with E-state index in [1.165, 1.54) is 38.5 Å². The van der Waals surface area contributed by atoms with E-state index in [4.69, 9.17) is 9.47 Å². The van der Waals surface area contributed by atoms with Crippen LogP contribution in [0.2, 0.25) is 0 Å². The molecule has 2 atom stereocenters. The van der Waals surface area contributed by atoms with Gasteiger partial charge in [-0.3, -0.25) is 9.78 Å². The number of H-pyrrole nitrogens is 1. The lowest BCUT2D eigenvalue weighted by molar-refractivity contribution is -0.123. The smallest absolute Gasteiger partial charge is 0.349 e.